The molecule has 114 valence electrons. The average molecular weight is 385 g/mol. The van der Waals surface area contributed by atoms with Crippen molar-refractivity contribution in [2.24, 2.45) is 4.99 Å². The standard InChI is InChI=1S/C20H15BrClN/c1-14-12-17(21)19(22)18(13-14)23-20(15-8-4-2-5-9-15)16-10-6-3-7-11-16/h2-13H,1H3. The van der Waals surface area contributed by atoms with E-state index in [-0.39, 0.29) is 0 Å². The zero-order chi connectivity index (χ0) is 16.2. The molecule has 3 rings (SSSR count). The molecule has 0 saturated carbocycles. The molecule has 0 aromatic heterocycles. The van der Waals surface area contributed by atoms with Crippen LogP contribution in [-0.4, -0.2) is 5.71 Å². The molecule has 0 spiro atoms. The Morgan fingerprint density at radius 2 is 1.39 bits per heavy atom. The zero-order valence-electron chi connectivity index (χ0n) is 12.6. The first-order valence-corrected chi connectivity index (χ1v) is 8.47. The van der Waals surface area contributed by atoms with E-state index in [1.165, 1.54) is 0 Å². The van der Waals surface area contributed by atoms with Gasteiger partial charge in [-0.1, -0.05) is 72.3 Å². The third-order valence-electron chi connectivity index (χ3n) is 3.48. The average Bonchev–Trinajstić information content (AvgIpc) is 2.58. The molecule has 0 bridgehead atoms. The summed E-state index contributed by atoms with van der Waals surface area (Å²) in [4.78, 5) is 4.88. The molecule has 0 aliphatic rings. The number of rotatable bonds is 3. The fourth-order valence-electron chi connectivity index (χ4n) is 2.40. The van der Waals surface area contributed by atoms with Crippen molar-refractivity contribution in [2.75, 3.05) is 0 Å². The van der Waals surface area contributed by atoms with E-state index in [1.54, 1.807) is 0 Å². The van der Waals surface area contributed by atoms with E-state index < -0.39 is 0 Å². The van der Waals surface area contributed by atoms with Crippen molar-refractivity contribution < 1.29 is 0 Å². The van der Waals surface area contributed by atoms with Crippen LogP contribution in [-0.2, 0) is 0 Å². The predicted molar refractivity (Wildman–Crippen MR) is 102 cm³/mol. The van der Waals surface area contributed by atoms with Gasteiger partial charge in [-0.15, -0.1) is 0 Å². The van der Waals surface area contributed by atoms with Gasteiger partial charge < -0.3 is 0 Å². The Morgan fingerprint density at radius 3 is 1.91 bits per heavy atom. The SMILES string of the molecule is Cc1cc(Br)c(Cl)c(N=C(c2ccccc2)c2ccccc2)c1. The van der Waals surface area contributed by atoms with Crippen molar-refractivity contribution in [1.29, 1.82) is 0 Å². The van der Waals surface area contributed by atoms with E-state index in [1.807, 2.05) is 55.5 Å². The first-order valence-electron chi connectivity index (χ1n) is 7.30. The molecule has 1 nitrogen and oxygen atoms in total. The molecular weight excluding hydrogens is 370 g/mol. The summed E-state index contributed by atoms with van der Waals surface area (Å²) >= 11 is 9.93. The van der Waals surface area contributed by atoms with Crippen LogP contribution < -0.4 is 0 Å². The molecule has 23 heavy (non-hydrogen) atoms. The van der Waals surface area contributed by atoms with E-state index in [2.05, 4.69) is 40.2 Å². The molecule has 0 N–H and O–H groups in total. The van der Waals surface area contributed by atoms with Crippen LogP contribution in [0.2, 0.25) is 5.02 Å². The highest BCUT2D eigenvalue weighted by Crippen LogP contribution is 2.34. The molecule has 0 atom stereocenters. The Balaban J connectivity index is 2.21. The number of hydrogen-bond donors (Lipinski definition) is 0. The molecule has 0 aliphatic carbocycles. The van der Waals surface area contributed by atoms with Gasteiger partial charge in [0.2, 0.25) is 0 Å². The number of aliphatic imine (C=N–C) groups is 1. The van der Waals surface area contributed by atoms with Gasteiger partial charge in [-0.25, -0.2) is 4.99 Å². The number of aryl methyl sites for hydroxylation is 1. The third kappa shape index (κ3) is 3.72. The molecule has 0 saturated heterocycles. The summed E-state index contributed by atoms with van der Waals surface area (Å²) in [6, 6.07) is 24.3. The molecule has 0 fully saturated rings. The van der Waals surface area contributed by atoms with Crippen LogP contribution >= 0.6 is 27.5 Å². The van der Waals surface area contributed by atoms with Crippen molar-refractivity contribution in [1.82, 2.24) is 0 Å². The Bertz CT molecular complexity index is 801. The second-order valence-electron chi connectivity index (χ2n) is 5.27. The first-order chi connectivity index (χ1) is 11.1. The minimum atomic E-state index is 0.625. The maximum absolute atomic E-state index is 6.43. The van der Waals surface area contributed by atoms with Gasteiger partial charge >= 0.3 is 0 Å². The first kappa shape index (κ1) is 16.0. The van der Waals surface area contributed by atoms with E-state index in [9.17, 15) is 0 Å². The van der Waals surface area contributed by atoms with Crippen LogP contribution in [0.1, 0.15) is 16.7 Å². The number of benzene rings is 3. The Morgan fingerprint density at radius 1 is 0.870 bits per heavy atom. The quantitative estimate of drug-likeness (QED) is 0.452. The lowest BCUT2D eigenvalue weighted by atomic mass is 10.0. The molecule has 0 heterocycles. The fraction of sp³-hybridized carbons (Fsp3) is 0.0500. The van der Waals surface area contributed by atoms with E-state index in [0.29, 0.717) is 5.02 Å². The highest BCUT2D eigenvalue weighted by Gasteiger charge is 2.10. The van der Waals surface area contributed by atoms with Gasteiger partial charge in [0.15, 0.2) is 0 Å². The fourth-order valence-corrected chi connectivity index (χ4v) is 3.11. The third-order valence-corrected chi connectivity index (χ3v) is 4.73. The van der Waals surface area contributed by atoms with Gasteiger partial charge in [-0.2, -0.15) is 0 Å². The highest BCUT2D eigenvalue weighted by molar-refractivity contribution is 9.10. The highest BCUT2D eigenvalue weighted by atomic mass is 79.9. The van der Waals surface area contributed by atoms with Crippen LogP contribution in [0.3, 0.4) is 0 Å². The summed E-state index contributed by atoms with van der Waals surface area (Å²) < 4.78 is 0.860. The number of halogens is 2. The predicted octanol–water partition coefficient (Wildman–Crippen LogP) is 6.58. The van der Waals surface area contributed by atoms with Crippen molar-refractivity contribution in [3.8, 4) is 0 Å². The lowest BCUT2D eigenvalue weighted by Crippen LogP contribution is -2.02. The molecular formula is C20H15BrClN. The van der Waals surface area contributed by atoms with Gasteiger partial charge in [0.05, 0.1) is 16.4 Å². The minimum absolute atomic E-state index is 0.625. The van der Waals surface area contributed by atoms with Crippen LogP contribution in [0, 0.1) is 6.92 Å². The largest absolute Gasteiger partial charge is 0.246 e. The van der Waals surface area contributed by atoms with Crippen LogP contribution in [0.4, 0.5) is 5.69 Å². The number of nitrogens with zero attached hydrogens (tertiary/aromatic N) is 1. The summed E-state index contributed by atoms with van der Waals surface area (Å²) in [5, 5.41) is 0.625. The molecule has 0 amide bonds. The van der Waals surface area contributed by atoms with Crippen molar-refractivity contribution in [2.45, 2.75) is 6.92 Å². The Labute approximate surface area is 149 Å². The van der Waals surface area contributed by atoms with E-state index >= 15 is 0 Å². The summed E-state index contributed by atoms with van der Waals surface area (Å²) in [5.41, 5.74) is 4.91. The lowest BCUT2D eigenvalue weighted by molar-refractivity contribution is 1.40. The van der Waals surface area contributed by atoms with Crippen molar-refractivity contribution in [3.05, 3.63) is 99.0 Å². The molecule has 3 aromatic rings. The maximum Gasteiger partial charge on any atom is 0.0837 e. The smallest absolute Gasteiger partial charge is 0.0837 e. The van der Waals surface area contributed by atoms with Crippen molar-refractivity contribution in [3.63, 3.8) is 0 Å². The molecule has 3 heteroatoms. The second kappa shape index (κ2) is 7.12. The lowest BCUT2D eigenvalue weighted by Gasteiger charge is -2.10. The summed E-state index contributed by atoms with van der Waals surface area (Å²) in [7, 11) is 0. The van der Waals surface area contributed by atoms with Crippen molar-refractivity contribution >= 4 is 38.9 Å². The topological polar surface area (TPSA) is 12.4 Å². The summed E-state index contributed by atoms with van der Waals surface area (Å²) in [6.07, 6.45) is 0. The summed E-state index contributed by atoms with van der Waals surface area (Å²) in [6.45, 7) is 2.03. The molecule has 0 radical (unpaired) electrons. The molecule has 0 unspecified atom stereocenters. The molecule has 0 aliphatic heterocycles. The number of hydrogen-bond acceptors (Lipinski definition) is 1. The van der Waals surface area contributed by atoms with Gasteiger partial charge in [-0.3, -0.25) is 0 Å². The monoisotopic (exact) mass is 383 g/mol. The van der Waals surface area contributed by atoms with E-state index in [4.69, 9.17) is 16.6 Å². The molecule has 3 aromatic carbocycles. The Hall–Kier alpha value is -1.90. The maximum atomic E-state index is 6.43. The van der Waals surface area contributed by atoms with Crippen LogP contribution in [0.15, 0.2) is 82.3 Å². The van der Waals surface area contributed by atoms with Crippen LogP contribution in [0.5, 0.6) is 0 Å². The van der Waals surface area contributed by atoms with Gasteiger partial charge in [0.1, 0.15) is 0 Å². The van der Waals surface area contributed by atoms with E-state index in [0.717, 1.165) is 32.6 Å². The van der Waals surface area contributed by atoms with Gasteiger partial charge in [0, 0.05) is 15.6 Å². The minimum Gasteiger partial charge on any atom is -0.246 e. The normalized spacial score (nSPS) is 10.4. The van der Waals surface area contributed by atoms with Crippen LogP contribution in [0.25, 0.3) is 0 Å². The zero-order valence-corrected chi connectivity index (χ0v) is 15.0. The Kier molecular flexibility index (Phi) is 4.94. The second-order valence-corrected chi connectivity index (χ2v) is 6.50. The summed E-state index contributed by atoms with van der Waals surface area (Å²) in [5.74, 6) is 0. The van der Waals surface area contributed by atoms with Gasteiger partial charge in [-0.05, 0) is 40.5 Å². The van der Waals surface area contributed by atoms with Gasteiger partial charge in [0.25, 0.3) is 0 Å².